The molecule has 1 heterocycles. The van der Waals surface area contributed by atoms with E-state index in [9.17, 15) is 4.79 Å². The molecular formula is C23H36N2O3. The molecule has 0 saturated carbocycles. The maximum atomic E-state index is 13.2. The first-order valence-electron chi connectivity index (χ1n) is 10.7. The summed E-state index contributed by atoms with van der Waals surface area (Å²) in [6.07, 6.45) is 6.62. The van der Waals surface area contributed by atoms with Gasteiger partial charge in [-0.05, 0) is 43.9 Å². The van der Waals surface area contributed by atoms with E-state index in [4.69, 9.17) is 15.2 Å². The number of nitrogen functional groups attached to an aromatic ring is 1. The normalized spacial score (nSPS) is 12.3. The van der Waals surface area contributed by atoms with Crippen LogP contribution in [0.2, 0.25) is 0 Å². The number of rotatable bonds is 12. The summed E-state index contributed by atoms with van der Waals surface area (Å²) in [7, 11) is 0. The third-order valence-electron chi connectivity index (χ3n) is 5.06. The number of anilines is 1. The highest BCUT2D eigenvalue weighted by Gasteiger charge is 2.20. The van der Waals surface area contributed by atoms with Crippen LogP contribution in [0.1, 0.15) is 66.2 Å². The van der Waals surface area contributed by atoms with Gasteiger partial charge in [-0.25, -0.2) is 0 Å². The molecule has 1 unspecified atom stereocenters. The molecule has 0 spiro atoms. The minimum Gasteiger partial charge on any atom is -0.489 e. The third-order valence-corrected chi connectivity index (χ3v) is 5.06. The van der Waals surface area contributed by atoms with E-state index in [-0.39, 0.29) is 5.56 Å². The Morgan fingerprint density at radius 3 is 2.50 bits per heavy atom. The van der Waals surface area contributed by atoms with Crippen molar-refractivity contribution >= 4 is 16.6 Å². The third kappa shape index (κ3) is 5.43. The highest BCUT2D eigenvalue weighted by atomic mass is 16.5. The second-order valence-electron chi connectivity index (χ2n) is 7.60. The maximum Gasteiger partial charge on any atom is 0.297 e. The van der Waals surface area contributed by atoms with Gasteiger partial charge in [0.25, 0.3) is 5.56 Å². The Bertz CT molecular complexity index is 814. The number of nitrogens with zero attached hydrogens (tertiary/aromatic N) is 1. The first kappa shape index (κ1) is 22.1. The highest BCUT2D eigenvalue weighted by Crippen LogP contribution is 2.34. The average Bonchev–Trinajstić information content (AvgIpc) is 2.67. The highest BCUT2D eigenvalue weighted by molar-refractivity contribution is 5.90. The Hall–Kier alpha value is -2.17. The van der Waals surface area contributed by atoms with Gasteiger partial charge in [-0.2, -0.15) is 0 Å². The summed E-state index contributed by atoms with van der Waals surface area (Å²) in [5, 5.41) is 0.879. The van der Waals surface area contributed by atoms with Crippen LogP contribution in [0.3, 0.4) is 0 Å². The fourth-order valence-electron chi connectivity index (χ4n) is 3.50. The lowest BCUT2D eigenvalue weighted by atomic mass is 10.1. The van der Waals surface area contributed by atoms with Crippen LogP contribution in [-0.4, -0.2) is 17.8 Å². The van der Waals surface area contributed by atoms with Crippen LogP contribution in [0.25, 0.3) is 10.9 Å². The summed E-state index contributed by atoms with van der Waals surface area (Å²) in [5.41, 5.74) is 7.27. The van der Waals surface area contributed by atoms with E-state index >= 15 is 0 Å². The van der Waals surface area contributed by atoms with E-state index in [0.29, 0.717) is 42.9 Å². The van der Waals surface area contributed by atoms with Crippen LogP contribution in [-0.2, 0) is 6.54 Å². The van der Waals surface area contributed by atoms with Crippen LogP contribution >= 0.6 is 0 Å². The molecule has 156 valence electrons. The van der Waals surface area contributed by atoms with Crippen molar-refractivity contribution in [3.63, 3.8) is 0 Å². The lowest BCUT2D eigenvalue weighted by molar-refractivity contribution is 0.226. The number of nitrogens with two attached hydrogens (primary N) is 1. The lowest BCUT2D eigenvalue weighted by Gasteiger charge is -2.19. The Morgan fingerprint density at radius 2 is 1.82 bits per heavy atom. The molecule has 0 fully saturated rings. The van der Waals surface area contributed by atoms with Crippen molar-refractivity contribution in [3.8, 4) is 11.5 Å². The lowest BCUT2D eigenvalue weighted by Crippen LogP contribution is -2.24. The SMILES string of the molecule is CCCCCCOc1c(OCC(C)CCC)c(=O)n(CC)c2cc(N)ccc12. The summed E-state index contributed by atoms with van der Waals surface area (Å²) >= 11 is 0. The largest absolute Gasteiger partial charge is 0.489 e. The van der Waals surface area contributed by atoms with Gasteiger partial charge in [-0.15, -0.1) is 0 Å². The molecule has 1 aromatic carbocycles. The number of hydrogen-bond acceptors (Lipinski definition) is 4. The predicted molar refractivity (Wildman–Crippen MR) is 117 cm³/mol. The molecule has 2 aromatic rings. The molecule has 28 heavy (non-hydrogen) atoms. The fraction of sp³-hybridized carbons (Fsp3) is 0.609. The number of fused-ring (bicyclic) bond motifs is 1. The molecular weight excluding hydrogens is 352 g/mol. The predicted octanol–water partition coefficient (Wildman–Crippen LogP) is 5.38. The van der Waals surface area contributed by atoms with Crippen molar-refractivity contribution in [1.29, 1.82) is 0 Å². The zero-order chi connectivity index (χ0) is 20.5. The van der Waals surface area contributed by atoms with Gasteiger partial charge in [0.1, 0.15) is 0 Å². The van der Waals surface area contributed by atoms with Gasteiger partial charge >= 0.3 is 0 Å². The average molecular weight is 389 g/mol. The van der Waals surface area contributed by atoms with E-state index in [1.165, 1.54) is 12.8 Å². The van der Waals surface area contributed by atoms with E-state index < -0.39 is 0 Å². The van der Waals surface area contributed by atoms with Crippen molar-refractivity contribution < 1.29 is 9.47 Å². The molecule has 0 bridgehead atoms. The van der Waals surface area contributed by atoms with Crippen molar-refractivity contribution in [1.82, 2.24) is 4.57 Å². The molecule has 0 aliphatic heterocycles. The summed E-state index contributed by atoms with van der Waals surface area (Å²) in [6.45, 7) is 10.1. The van der Waals surface area contributed by atoms with Crippen molar-refractivity contribution in [2.24, 2.45) is 5.92 Å². The topological polar surface area (TPSA) is 66.5 Å². The summed E-state index contributed by atoms with van der Waals surface area (Å²) in [5.74, 6) is 1.28. The minimum atomic E-state index is -0.146. The van der Waals surface area contributed by atoms with Gasteiger partial charge < -0.3 is 19.8 Å². The maximum absolute atomic E-state index is 13.2. The van der Waals surface area contributed by atoms with Gasteiger partial charge in [0.15, 0.2) is 5.75 Å². The zero-order valence-corrected chi connectivity index (χ0v) is 17.9. The number of aromatic nitrogens is 1. The molecule has 5 nitrogen and oxygen atoms in total. The molecule has 0 aliphatic rings. The smallest absolute Gasteiger partial charge is 0.297 e. The number of pyridine rings is 1. The summed E-state index contributed by atoms with van der Waals surface area (Å²) in [6, 6.07) is 5.62. The number of benzene rings is 1. The van der Waals surface area contributed by atoms with Crippen LogP contribution in [0.4, 0.5) is 5.69 Å². The van der Waals surface area contributed by atoms with Crippen LogP contribution in [0, 0.1) is 5.92 Å². The van der Waals surface area contributed by atoms with Crippen LogP contribution < -0.4 is 20.8 Å². The minimum absolute atomic E-state index is 0.146. The van der Waals surface area contributed by atoms with E-state index in [2.05, 4.69) is 20.8 Å². The molecule has 0 amide bonds. The van der Waals surface area contributed by atoms with Gasteiger partial charge in [0, 0.05) is 17.6 Å². The molecule has 2 N–H and O–H groups in total. The molecule has 0 aliphatic carbocycles. The van der Waals surface area contributed by atoms with E-state index in [0.717, 1.165) is 36.6 Å². The molecule has 1 aromatic heterocycles. The zero-order valence-electron chi connectivity index (χ0n) is 17.9. The Labute approximate surface area is 168 Å². The van der Waals surface area contributed by atoms with E-state index in [1.54, 1.807) is 4.57 Å². The molecule has 0 radical (unpaired) electrons. The molecule has 1 atom stereocenters. The number of ether oxygens (including phenoxy) is 2. The quantitative estimate of drug-likeness (QED) is 0.392. The first-order chi connectivity index (χ1) is 13.5. The summed E-state index contributed by atoms with van der Waals surface area (Å²) in [4.78, 5) is 13.2. The monoisotopic (exact) mass is 388 g/mol. The van der Waals surface area contributed by atoms with Crippen LogP contribution in [0.15, 0.2) is 23.0 Å². The van der Waals surface area contributed by atoms with Crippen LogP contribution in [0.5, 0.6) is 11.5 Å². The van der Waals surface area contributed by atoms with Gasteiger partial charge in [-0.1, -0.05) is 46.5 Å². The Kier molecular flexibility index (Phi) is 8.68. The van der Waals surface area contributed by atoms with Crippen molar-refractivity contribution in [2.75, 3.05) is 18.9 Å². The summed E-state index contributed by atoms with van der Waals surface area (Å²) < 4.78 is 13.9. The second-order valence-corrected chi connectivity index (χ2v) is 7.60. The van der Waals surface area contributed by atoms with Gasteiger partial charge in [-0.3, -0.25) is 4.79 Å². The molecule has 0 saturated heterocycles. The Balaban J connectivity index is 2.43. The van der Waals surface area contributed by atoms with Gasteiger partial charge in [0.2, 0.25) is 5.75 Å². The first-order valence-corrected chi connectivity index (χ1v) is 10.7. The number of aryl methyl sites for hydroxylation is 1. The Morgan fingerprint density at radius 1 is 1.04 bits per heavy atom. The van der Waals surface area contributed by atoms with Crippen molar-refractivity contribution in [2.45, 2.75) is 72.8 Å². The number of hydrogen-bond donors (Lipinski definition) is 1. The fourth-order valence-corrected chi connectivity index (χ4v) is 3.50. The molecule has 5 heteroatoms. The second kappa shape index (κ2) is 11.0. The standard InChI is InChI=1S/C23H36N2O3/c1-5-8-9-10-14-27-21-19-13-12-18(24)15-20(19)25(7-3)23(26)22(21)28-16-17(4)11-6-2/h12-13,15,17H,5-11,14,16,24H2,1-4H3. The van der Waals surface area contributed by atoms with E-state index in [1.807, 2.05) is 25.1 Å². The number of unbranched alkanes of at least 4 members (excludes halogenated alkanes) is 3. The van der Waals surface area contributed by atoms with Crippen molar-refractivity contribution in [3.05, 3.63) is 28.6 Å². The van der Waals surface area contributed by atoms with Gasteiger partial charge in [0.05, 0.1) is 18.7 Å². The molecule has 2 rings (SSSR count).